The van der Waals surface area contributed by atoms with Gasteiger partial charge in [0.2, 0.25) is 0 Å². The number of H-pyrrole nitrogens is 1. The van der Waals surface area contributed by atoms with Crippen molar-refractivity contribution in [1.82, 2.24) is 4.98 Å². The first-order valence-corrected chi connectivity index (χ1v) is 5.25. The summed E-state index contributed by atoms with van der Waals surface area (Å²) in [5.41, 5.74) is 0.704. The van der Waals surface area contributed by atoms with E-state index in [-0.39, 0.29) is 16.7 Å². The molecule has 0 fully saturated rings. The van der Waals surface area contributed by atoms with Gasteiger partial charge in [0, 0.05) is 6.20 Å². The lowest BCUT2D eigenvalue weighted by Gasteiger charge is -2.20. The van der Waals surface area contributed by atoms with E-state index in [1.165, 1.54) is 6.07 Å². The summed E-state index contributed by atoms with van der Waals surface area (Å²) >= 11 is 0. The van der Waals surface area contributed by atoms with Gasteiger partial charge in [-0.3, -0.25) is 4.79 Å². The normalized spacial score (nSPS) is 11.9. The second kappa shape index (κ2) is 3.37. The van der Waals surface area contributed by atoms with E-state index in [4.69, 9.17) is 0 Å². The number of pyridine rings is 1. The Hall–Kier alpha value is -1.77. The molecule has 1 aromatic carbocycles. The van der Waals surface area contributed by atoms with Gasteiger partial charge in [0.05, 0.1) is 5.39 Å². The van der Waals surface area contributed by atoms with Crippen molar-refractivity contribution in [2.24, 2.45) is 0 Å². The van der Waals surface area contributed by atoms with Crippen LogP contribution in [-0.2, 0) is 5.41 Å². The molecule has 0 radical (unpaired) electrons. The third-order valence-corrected chi connectivity index (χ3v) is 2.72. The van der Waals surface area contributed by atoms with Gasteiger partial charge in [-0.1, -0.05) is 32.9 Å². The summed E-state index contributed by atoms with van der Waals surface area (Å²) in [7, 11) is 0. The Morgan fingerprint density at radius 2 is 1.94 bits per heavy atom. The Morgan fingerprint density at radius 3 is 2.56 bits per heavy atom. The Bertz CT molecular complexity index is 591. The molecule has 3 nitrogen and oxygen atoms in total. The van der Waals surface area contributed by atoms with E-state index in [2.05, 4.69) is 25.8 Å². The standard InChI is InChI=1S/C13H15NO2/c1-13(2,3)9-7-14-12(16)11-8(9)5-4-6-10(11)15/h4-7,15H,1-3H3,(H,14,16). The van der Waals surface area contributed by atoms with Gasteiger partial charge in [-0.25, -0.2) is 0 Å². The zero-order valence-corrected chi connectivity index (χ0v) is 9.66. The number of benzene rings is 1. The van der Waals surface area contributed by atoms with Crippen LogP contribution < -0.4 is 5.56 Å². The maximum atomic E-state index is 11.7. The molecule has 0 amide bonds. The van der Waals surface area contributed by atoms with Gasteiger partial charge < -0.3 is 10.1 Å². The van der Waals surface area contributed by atoms with Crippen LogP contribution in [0, 0.1) is 0 Å². The number of fused-ring (bicyclic) bond motifs is 1. The van der Waals surface area contributed by atoms with Crippen molar-refractivity contribution in [3.63, 3.8) is 0 Å². The summed E-state index contributed by atoms with van der Waals surface area (Å²) in [6.45, 7) is 6.22. The molecule has 0 saturated carbocycles. The molecule has 0 aliphatic heterocycles. The molecule has 1 aromatic heterocycles. The number of nitrogens with one attached hydrogen (secondary N) is 1. The number of hydrogen-bond donors (Lipinski definition) is 2. The molecule has 0 atom stereocenters. The highest BCUT2D eigenvalue weighted by atomic mass is 16.3. The highest BCUT2D eigenvalue weighted by molar-refractivity contribution is 5.90. The Labute approximate surface area is 93.7 Å². The predicted octanol–water partition coefficient (Wildman–Crippen LogP) is 2.53. The lowest BCUT2D eigenvalue weighted by atomic mass is 9.85. The zero-order chi connectivity index (χ0) is 11.9. The largest absolute Gasteiger partial charge is 0.507 e. The van der Waals surface area contributed by atoms with E-state index >= 15 is 0 Å². The van der Waals surface area contributed by atoms with Gasteiger partial charge in [0.15, 0.2) is 0 Å². The highest BCUT2D eigenvalue weighted by Crippen LogP contribution is 2.30. The van der Waals surface area contributed by atoms with Gasteiger partial charge in [-0.15, -0.1) is 0 Å². The number of aromatic amines is 1. The van der Waals surface area contributed by atoms with E-state index < -0.39 is 0 Å². The first-order valence-electron chi connectivity index (χ1n) is 5.25. The van der Waals surface area contributed by atoms with Crippen LogP contribution >= 0.6 is 0 Å². The summed E-state index contributed by atoms with van der Waals surface area (Å²) in [4.78, 5) is 14.3. The van der Waals surface area contributed by atoms with Crippen LogP contribution in [0.3, 0.4) is 0 Å². The maximum Gasteiger partial charge on any atom is 0.259 e. The highest BCUT2D eigenvalue weighted by Gasteiger charge is 2.18. The van der Waals surface area contributed by atoms with Crippen LogP contribution in [-0.4, -0.2) is 10.1 Å². The molecule has 0 unspecified atom stereocenters. The van der Waals surface area contributed by atoms with Crippen molar-refractivity contribution in [2.75, 3.05) is 0 Å². The fraction of sp³-hybridized carbons (Fsp3) is 0.308. The van der Waals surface area contributed by atoms with Crippen LogP contribution in [0.1, 0.15) is 26.3 Å². The minimum Gasteiger partial charge on any atom is -0.507 e. The SMILES string of the molecule is CC(C)(C)c1c[nH]c(=O)c2c(O)cccc12. The number of rotatable bonds is 0. The van der Waals surface area contributed by atoms with E-state index in [0.29, 0.717) is 5.39 Å². The van der Waals surface area contributed by atoms with Crippen LogP contribution in [0.4, 0.5) is 0 Å². The van der Waals surface area contributed by atoms with Gasteiger partial charge >= 0.3 is 0 Å². The summed E-state index contributed by atoms with van der Waals surface area (Å²) in [6, 6.07) is 5.15. The minimum absolute atomic E-state index is 0.0323. The topological polar surface area (TPSA) is 53.1 Å². The average Bonchev–Trinajstić information content (AvgIpc) is 2.16. The van der Waals surface area contributed by atoms with Crippen LogP contribution in [0.25, 0.3) is 10.8 Å². The van der Waals surface area contributed by atoms with Gasteiger partial charge in [0.25, 0.3) is 5.56 Å². The monoisotopic (exact) mass is 217 g/mol. The first-order chi connectivity index (χ1) is 7.41. The number of hydrogen-bond acceptors (Lipinski definition) is 2. The zero-order valence-electron chi connectivity index (χ0n) is 9.66. The molecule has 2 rings (SSSR count). The fourth-order valence-corrected chi connectivity index (χ4v) is 1.91. The lowest BCUT2D eigenvalue weighted by molar-refractivity contribution is 0.481. The lowest BCUT2D eigenvalue weighted by Crippen LogP contribution is -2.16. The van der Waals surface area contributed by atoms with Gasteiger partial charge in [0.1, 0.15) is 5.75 Å². The summed E-state index contributed by atoms with van der Waals surface area (Å²) in [5, 5.41) is 10.9. The Kier molecular flexibility index (Phi) is 2.26. The number of aromatic nitrogens is 1. The molecular formula is C13H15NO2. The molecule has 2 N–H and O–H groups in total. The predicted molar refractivity (Wildman–Crippen MR) is 64.9 cm³/mol. The van der Waals surface area contributed by atoms with E-state index in [1.807, 2.05) is 6.07 Å². The molecule has 0 aliphatic rings. The molecule has 1 heterocycles. The van der Waals surface area contributed by atoms with Crippen molar-refractivity contribution in [2.45, 2.75) is 26.2 Å². The van der Waals surface area contributed by atoms with Gasteiger partial charge in [-0.05, 0) is 22.4 Å². The first kappa shape index (κ1) is 10.7. The quantitative estimate of drug-likeness (QED) is 0.712. The van der Waals surface area contributed by atoms with Crippen LogP contribution in [0.5, 0.6) is 5.75 Å². The van der Waals surface area contributed by atoms with E-state index in [9.17, 15) is 9.90 Å². The molecule has 3 heteroatoms. The molecule has 0 bridgehead atoms. The summed E-state index contributed by atoms with van der Waals surface area (Å²) < 4.78 is 0. The minimum atomic E-state index is -0.249. The molecule has 0 saturated heterocycles. The van der Waals surface area contributed by atoms with E-state index in [0.717, 1.165) is 10.9 Å². The fourth-order valence-electron chi connectivity index (χ4n) is 1.91. The maximum absolute atomic E-state index is 11.7. The van der Waals surface area contributed by atoms with Crippen molar-refractivity contribution < 1.29 is 5.11 Å². The number of phenols is 1. The van der Waals surface area contributed by atoms with Crippen LogP contribution in [0.15, 0.2) is 29.2 Å². The van der Waals surface area contributed by atoms with Crippen molar-refractivity contribution >= 4 is 10.8 Å². The summed E-state index contributed by atoms with van der Waals surface area (Å²) in [6.07, 6.45) is 1.73. The Balaban J connectivity index is 2.96. The molecule has 0 spiro atoms. The van der Waals surface area contributed by atoms with E-state index in [1.54, 1.807) is 12.3 Å². The van der Waals surface area contributed by atoms with Crippen molar-refractivity contribution in [1.29, 1.82) is 0 Å². The van der Waals surface area contributed by atoms with Crippen LogP contribution in [0.2, 0.25) is 0 Å². The molecule has 0 aliphatic carbocycles. The van der Waals surface area contributed by atoms with Gasteiger partial charge in [-0.2, -0.15) is 0 Å². The summed E-state index contributed by atoms with van der Waals surface area (Å²) in [5.74, 6) is 0.0323. The third-order valence-electron chi connectivity index (χ3n) is 2.72. The van der Waals surface area contributed by atoms with Crippen molar-refractivity contribution in [3.8, 4) is 5.75 Å². The molecular weight excluding hydrogens is 202 g/mol. The molecule has 84 valence electrons. The second-order valence-electron chi connectivity index (χ2n) is 4.98. The van der Waals surface area contributed by atoms with Crippen molar-refractivity contribution in [3.05, 3.63) is 40.3 Å². The molecule has 2 aromatic rings. The average molecular weight is 217 g/mol. The third kappa shape index (κ3) is 1.58. The number of aromatic hydroxyl groups is 1. The molecule has 16 heavy (non-hydrogen) atoms. The Morgan fingerprint density at radius 1 is 1.25 bits per heavy atom. The smallest absolute Gasteiger partial charge is 0.259 e. The second-order valence-corrected chi connectivity index (χ2v) is 4.98. The number of phenolic OH excluding ortho intramolecular Hbond substituents is 1.